The van der Waals surface area contributed by atoms with Crippen molar-refractivity contribution in [2.75, 3.05) is 13.1 Å². The second-order valence-electron chi connectivity index (χ2n) is 4.68. The third-order valence-corrected chi connectivity index (χ3v) is 4.74. The predicted octanol–water partition coefficient (Wildman–Crippen LogP) is 2.24. The van der Waals surface area contributed by atoms with Crippen molar-refractivity contribution >= 4 is 34.5 Å². The summed E-state index contributed by atoms with van der Waals surface area (Å²) in [5.41, 5.74) is -0.851. The van der Waals surface area contributed by atoms with Gasteiger partial charge in [0.15, 0.2) is 0 Å². The van der Waals surface area contributed by atoms with E-state index in [1.54, 1.807) is 12.1 Å². The summed E-state index contributed by atoms with van der Waals surface area (Å²) in [5.74, 6) is -1.81. The van der Waals surface area contributed by atoms with E-state index in [1.165, 1.54) is 4.90 Å². The van der Waals surface area contributed by atoms with E-state index in [9.17, 15) is 14.0 Å². The quantitative estimate of drug-likeness (QED) is 0.805. The lowest BCUT2D eigenvalue weighted by molar-refractivity contribution is -0.149. The van der Waals surface area contributed by atoms with E-state index < -0.39 is 11.6 Å². The van der Waals surface area contributed by atoms with Gasteiger partial charge in [0.2, 0.25) is 5.67 Å². The van der Waals surface area contributed by atoms with Gasteiger partial charge in [0.05, 0.1) is 12.1 Å². The van der Waals surface area contributed by atoms with Crippen molar-refractivity contribution < 1.29 is 19.1 Å². The van der Waals surface area contributed by atoms with Crippen LogP contribution in [0, 0.1) is 10.5 Å². The summed E-state index contributed by atoms with van der Waals surface area (Å²) in [6.45, 7) is 1.63. The van der Waals surface area contributed by atoms with Gasteiger partial charge in [-0.25, -0.2) is 9.18 Å². The van der Waals surface area contributed by atoms with Crippen molar-refractivity contribution in [3.8, 4) is 0 Å². The average molecular weight is 377 g/mol. The zero-order valence-electron chi connectivity index (χ0n) is 10.3. The number of carbonyl (C=O) groups excluding carboxylic acids is 1. The van der Waals surface area contributed by atoms with Gasteiger partial charge in [-0.3, -0.25) is 4.79 Å². The van der Waals surface area contributed by atoms with E-state index in [-0.39, 0.29) is 25.4 Å². The first kappa shape index (κ1) is 14.2. The number of carboxylic acid groups (broad SMARTS) is 1. The van der Waals surface area contributed by atoms with Crippen molar-refractivity contribution in [1.82, 2.24) is 4.90 Å². The van der Waals surface area contributed by atoms with Crippen molar-refractivity contribution in [2.24, 2.45) is 0 Å². The molecule has 2 rings (SSSR count). The van der Waals surface area contributed by atoms with E-state index in [2.05, 4.69) is 22.6 Å². The van der Waals surface area contributed by atoms with Crippen LogP contribution >= 0.6 is 22.6 Å². The zero-order chi connectivity index (χ0) is 14.2. The minimum Gasteiger partial charge on any atom is -0.479 e. The number of benzene rings is 1. The second kappa shape index (κ2) is 5.07. The fourth-order valence-corrected chi connectivity index (χ4v) is 2.69. The molecule has 1 fully saturated rings. The third kappa shape index (κ3) is 2.58. The van der Waals surface area contributed by atoms with Crippen molar-refractivity contribution in [3.63, 3.8) is 0 Å². The minimum atomic E-state index is -2.31. The van der Waals surface area contributed by atoms with Gasteiger partial charge < -0.3 is 10.0 Å². The Morgan fingerprint density at radius 1 is 1.47 bits per heavy atom. The normalized spacial score (nSPS) is 22.6. The molecule has 0 spiro atoms. The molecule has 1 aromatic rings. The maximum absolute atomic E-state index is 13.9. The molecule has 1 saturated heterocycles. The van der Waals surface area contributed by atoms with E-state index >= 15 is 0 Å². The SMILES string of the molecule is Cc1cccc(C(=O)N2CCC(F)(C(=O)O)C2)c1I. The number of carbonyl (C=O) groups is 2. The van der Waals surface area contributed by atoms with Crippen LogP contribution in [0.1, 0.15) is 22.3 Å². The average Bonchev–Trinajstić information content (AvgIpc) is 2.76. The molecule has 1 amide bonds. The summed E-state index contributed by atoms with van der Waals surface area (Å²) >= 11 is 2.07. The molecule has 1 atom stereocenters. The van der Waals surface area contributed by atoms with E-state index in [0.29, 0.717) is 5.56 Å². The predicted molar refractivity (Wildman–Crippen MR) is 75.9 cm³/mol. The Kier molecular flexibility index (Phi) is 3.80. The standard InChI is InChI=1S/C13H13FINO3/c1-8-3-2-4-9(10(8)15)11(17)16-6-5-13(14,7-16)12(18)19/h2-4H,5-7H2,1H3,(H,18,19). The van der Waals surface area contributed by atoms with E-state index in [1.807, 2.05) is 13.0 Å². The summed E-state index contributed by atoms with van der Waals surface area (Å²) in [6.07, 6.45) is -0.156. The van der Waals surface area contributed by atoms with Crippen LogP contribution in [0.15, 0.2) is 18.2 Å². The molecular formula is C13H13FINO3. The zero-order valence-corrected chi connectivity index (χ0v) is 12.5. The van der Waals surface area contributed by atoms with Gasteiger partial charge in [0.1, 0.15) is 0 Å². The van der Waals surface area contributed by atoms with Crippen LogP contribution in [0.4, 0.5) is 4.39 Å². The summed E-state index contributed by atoms with van der Waals surface area (Å²) in [4.78, 5) is 24.4. The molecule has 0 aromatic heterocycles. The first-order chi connectivity index (χ1) is 8.85. The summed E-state index contributed by atoms with van der Waals surface area (Å²) in [6, 6.07) is 5.33. The second-order valence-corrected chi connectivity index (χ2v) is 5.76. The van der Waals surface area contributed by atoms with Gasteiger partial charge >= 0.3 is 5.97 Å². The monoisotopic (exact) mass is 377 g/mol. The van der Waals surface area contributed by atoms with Crippen molar-refractivity contribution in [2.45, 2.75) is 19.0 Å². The Bertz CT molecular complexity index is 549. The van der Waals surface area contributed by atoms with Crippen LogP contribution in [0.25, 0.3) is 0 Å². The van der Waals surface area contributed by atoms with Crippen LogP contribution in [0.5, 0.6) is 0 Å². The molecule has 19 heavy (non-hydrogen) atoms. The molecule has 0 aliphatic carbocycles. The van der Waals surface area contributed by atoms with Crippen LogP contribution in [0.2, 0.25) is 0 Å². The number of aryl methyl sites for hydroxylation is 1. The van der Waals surface area contributed by atoms with E-state index in [0.717, 1.165) is 9.13 Å². The topological polar surface area (TPSA) is 57.6 Å². The number of amides is 1. The molecule has 0 saturated carbocycles. The number of carboxylic acids is 1. The Hall–Kier alpha value is -1.18. The number of nitrogens with zero attached hydrogens (tertiary/aromatic N) is 1. The lowest BCUT2D eigenvalue weighted by atomic mass is 10.1. The molecule has 102 valence electrons. The number of halogens is 2. The van der Waals surface area contributed by atoms with E-state index in [4.69, 9.17) is 5.11 Å². The van der Waals surface area contributed by atoms with Gasteiger partial charge in [-0.05, 0) is 41.1 Å². The Labute approximate surface area is 123 Å². The third-order valence-electron chi connectivity index (χ3n) is 3.31. The highest BCUT2D eigenvalue weighted by Gasteiger charge is 2.47. The summed E-state index contributed by atoms with van der Waals surface area (Å²) in [5, 5.41) is 8.83. The fourth-order valence-electron chi connectivity index (χ4n) is 2.10. The number of hydrogen-bond donors (Lipinski definition) is 1. The highest BCUT2D eigenvalue weighted by molar-refractivity contribution is 14.1. The molecule has 1 heterocycles. The molecule has 0 bridgehead atoms. The van der Waals surface area contributed by atoms with Gasteiger partial charge in [-0.1, -0.05) is 12.1 Å². The number of likely N-dealkylation sites (tertiary alicyclic amines) is 1. The maximum Gasteiger partial charge on any atom is 0.343 e. The van der Waals surface area contributed by atoms with Gasteiger partial charge in [0, 0.05) is 16.5 Å². The van der Waals surface area contributed by atoms with Gasteiger partial charge in [-0.15, -0.1) is 0 Å². The van der Waals surface area contributed by atoms with Crippen LogP contribution in [-0.2, 0) is 4.79 Å². The number of hydrogen-bond acceptors (Lipinski definition) is 2. The lowest BCUT2D eigenvalue weighted by Gasteiger charge is -2.18. The number of rotatable bonds is 2. The molecule has 1 aliphatic heterocycles. The molecule has 1 N–H and O–H groups in total. The molecule has 1 aromatic carbocycles. The van der Waals surface area contributed by atoms with Gasteiger partial charge in [-0.2, -0.15) is 0 Å². The van der Waals surface area contributed by atoms with Crippen LogP contribution < -0.4 is 0 Å². The molecular weight excluding hydrogens is 364 g/mol. The number of alkyl halides is 1. The molecule has 1 unspecified atom stereocenters. The van der Waals surface area contributed by atoms with Crippen LogP contribution in [0.3, 0.4) is 0 Å². The van der Waals surface area contributed by atoms with Crippen LogP contribution in [-0.4, -0.2) is 40.6 Å². The molecule has 1 aliphatic rings. The maximum atomic E-state index is 13.9. The smallest absolute Gasteiger partial charge is 0.343 e. The van der Waals surface area contributed by atoms with Crippen molar-refractivity contribution in [1.29, 1.82) is 0 Å². The summed E-state index contributed by atoms with van der Waals surface area (Å²) < 4.78 is 14.8. The molecule has 4 nitrogen and oxygen atoms in total. The largest absolute Gasteiger partial charge is 0.479 e. The highest BCUT2D eigenvalue weighted by atomic mass is 127. The fraction of sp³-hybridized carbons (Fsp3) is 0.385. The highest BCUT2D eigenvalue weighted by Crippen LogP contribution is 2.28. The Morgan fingerprint density at radius 2 is 2.16 bits per heavy atom. The molecule has 0 radical (unpaired) electrons. The first-order valence-electron chi connectivity index (χ1n) is 5.82. The minimum absolute atomic E-state index is 0.131. The Morgan fingerprint density at radius 3 is 2.74 bits per heavy atom. The Balaban J connectivity index is 2.23. The van der Waals surface area contributed by atoms with Gasteiger partial charge in [0.25, 0.3) is 5.91 Å². The molecule has 6 heteroatoms. The first-order valence-corrected chi connectivity index (χ1v) is 6.90. The van der Waals surface area contributed by atoms with Crippen molar-refractivity contribution in [3.05, 3.63) is 32.9 Å². The lowest BCUT2D eigenvalue weighted by Crippen LogP contribution is -2.39. The number of aliphatic carboxylic acids is 1. The summed E-state index contributed by atoms with van der Waals surface area (Å²) in [7, 11) is 0.